The number of benzene rings is 4. The number of nitrogens with zero attached hydrogens (tertiary/aromatic N) is 6. The maximum atomic E-state index is 14.8. The fourth-order valence-electron chi connectivity index (χ4n) is 4.95. The summed E-state index contributed by atoms with van der Waals surface area (Å²) in [6.07, 6.45) is 4.57. The lowest BCUT2D eigenvalue weighted by atomic mass is 9.93. The van der Waals surface area contributed by atoms with Crippen LogP contribution in [0.15, 0.2) is 110 Å². The smallest absolute Gasteiger partial charge is 0.137 e. The van der Waals surface area contributed by atoms with E-state index in [1.807, 2.05) is 43.4 Å². The van der Waals surface area contributed by atoms with Crippen molar-refractivity contribution in [2.75, 3.05) is 11.9 Å². The van der Waals surface area contributed by atoms with E-state index in [0.29, 0.717) is 0 Å². The van der Waals surface area contributed by atoms with Crippen LogP contribution in [0.5, 0.6) is 0 Å². The van der Waals surface area contributed by atoms with Crippen molar-refractivity contribution in [3.63, 3.8) is 0 Å². The Balaban J connectivity index is 1.28. The molecule has 0 radical (unpaired) electrons. The molecule has 7 nitrogen and oxygen atoms in total. The summed E-state index contributed by atoms with van der Waals surface area (Å²) in [5.41, 5.74) is 3.19. The van der Waals surface area contributed by atoms with Gasteiger partial charge in [0.15, 0.2) is 0 Å². The molecule has 0 aliphatic heterocycles. The molecule has 2 heterocycles. The molecule has 0 bridgehead atoms. The average Bonchev–Trinajstić information content (AvgIpc) is 3.61. The lowest BCUT2D eigenvalue weighted by molar-refractivity contribution is -0.00828. The molecule has 40 heavy (non-hydrogen) atoms. The third-order valence-corrected chi connectivity index (χ3v) is 7.03. The molecule has 0 aliphatic rings. The van der Waals surface area contributed by atoms with E-state index in [0.717, 1.165) is 45.5 Å². The molecule has 4 aromatic carbocycles. The zero-order valence-electron chi connectivity index (χ0n) is 21.7. The van der Waals surface area contributed by atoms with E-state index in [1.165, 1.54) is 23.4 Å². The molecule has 0 amide bonds. The van der Waals surface area contributed by atoms with Crippen LogP contribution in [-0.4, -0.2) is 36.7 Å². The normalized spacial score (nSPS) is 12.9. The molecule has 1 atom stereocenters. The lowest BCUT2D eigenvalue weighted by Crippen LogP contribution is -2.37. The maximum Gasteiger partial charge on any atom is 0.137 e. The molecule has 0 saturated heterocycles. The van der Waals surface area contributed by atoms with Gasteiger partial charge in [0.25, 0.3) is 0 Å². The summed E-state index contributed by atoms with van der Waals surface area (Å²) < 4.78 is 31.4. The maximum absolute atomic E-state index is 14.8. The monoisotopic (exact) mass is 536 g/mol. The topological polar surface area (TPSA) is 72.0 Å². The zero-order chi connectivity index (χ0) is 27.7. The van der Waals surface area contributed by atoms with E-state index in [-0.39, 0.29) is 18.7 Å². The first-order valence-corrected chi connectivity index (χ1v) is 12.7. The van der Waals surface area contributed by atoms with Gasteiger partial charge in [0, 0.05) is 41.6 Å². The Hall–Kier alpha value is -4.89. The Kier molecular flexibility index (Phi) is 6.57. The van der Waals surface area contributed by atoms with Gasteiger partial charge in [-0.2, -0.15) is 10.2 Å². The Morgan fingerprint density at radius 1 is 0.825 bits per heavy atom. The van der Waals surface area contributed by atoms with Gasteiger partial charge in [-0.3, -0.25) is 4.68 Å². The minimum Gasteiger partial charge on any atom is -0.381 e. The van der Waals surface area contributed by atoms with Crippen LogP contribution in [0.3, 0.4) is 0 Å². The molecule has 6 aromatic rings. The predicted molar refractivity (Wildman–Crippen MR) is 150 cm³/mol. The van der Waals surface area contributed by atoms with E-state index in [2.05, 4.69) is 56.5 Å². The molecule has 1 unspecified atom stereocenters. The van der Waals surface area contributed by atoms with Crippen molar-refractivity contribution in [3.05, 3.63) is 127 Å². The van der Waals surface area contributed by atoms with Crippen molar-refractivity contribution in [1.29, 1.82) is 0 Å². The number of anilines is 2. The highest BCUT2D eigenvalue weighted by Crippen LogP contribution is 2.31. The summed E-state index contributed by atoms with van der Waals surface area (Å²) in [6.45, 7) is -0.186. The summed E-state index contributed by atoms with van der Waals surface area (Å²) in [6, 6.07) is 27.6. The van der Waals surface area contributed by atoms with Crippen LogP contribution >= 0.6 is 0 Å². The van der Waals surface area contributed by atoms with E-state index in [4.69, 9.17) is 0 Å². The first-order chi connectivity index (χ1) is 19.4. The van der Waals surface area contributed by atoms with E-state index in [1.54, 1.807) is 10.9 Å². The largest absolute Gasteiger partial charge is 0.381 e. The second-order valence-corrected chi connectivity index (χ2v) is 9.79. The predicted octanol–water partition coefficient (Wildman–Crippen LogP) is 5.93. The number of fused-ring (bicyclic) bond motifs is 1. The van der Waals surface area contributed by atoms with Gasteiger partial charge in [-0.05, 0) is 47.5 Å². The number of hydrogen-bond acceptors (Lipinski definition) is 5. The molecule has 0 fully saturated rings. The Morgan fingerprint density at radius 2 is 1.55 bits per heavy atom. The highest BCUT2D eigenvalue weighted by molar-refractivity contribution is 5.83. The van der Waals surface area contributed by atoms with Crippen molar-refractivity contribution in [2.45, 2.75) is 18.7 Å². The number of rotatable bonds is 8. The summed E-state index contributed by atoms with van der Waals surface area (Å²) >= 11 is 0. The second-order valence-electron chi connectivity index (χ2n) is 9.79. The second kappa shape index (κ2) is 10.3. The Morgan fingerprint density at radius 3 is 2.27 bits per heavy atom. The molecule has 6 rings (SSSR count). The minimum atomic E-state index is -1.77. The van der Waals surface area contributed by atoms with E-state index in [9.17, 15) is 13.9 Å². The van der Waals surface area contributed by atoms with Gasteiger partial charge in [-0.15, -0.1) is 0 Å². The van der Waals surface area contributed by atoms with Crippen molar-refractivity contribution in [2.24, 2.45) is 0 Å². The first kappa shape index (κ1) is 25.4. The van der Waals surface area contributed by atoms with Crippen LogP contribution in [0.25, 0.3) is 22.0 Å². The quantitative estimate of drug-likeness (QED) is 0.261. The first-order valence-electron chi connectivity index (χ1n) is 12.7. The van der Waals surface area contributed by atoms with Crippen molar-refractivity contribution in [1.82, 2.24) is 24.5 Å². The summed E-state index contributed by atoms with van der Waals surface area (Å²) in [5.74, 6) is -1.57. The zero-order valence-corrected chi connectivity index (χ0v) is 21.7. The summed E-state index contributed by atoms with van der Waals surface area (Å²) in [7, 11) is 2.00. The molecular formula is C31H26F2N6O. The third kappa shape index (κ3) is 5.06. The summed E-state index contributed by atoms with van der Waals surface area (Å²) in [5, 5.41) is 21.2. The SMILES string of the molecule is CN(c1ccc(-c2ccccc2)cc1)c1ccc2nn(CC(O)(Cn3cncn3)c3ccc(F)cc3F)cc2c1. The molecular weight excluding hydrogens is 510 g/mol. The van der Waals surface area contributed by atoms with Crippen molar-refractivity contribution >= 4 is 22.3 Å². The van der Waals surface area contributed by atoms with Crippen LogP contribution in [0.1, 0.15) is 5.56 Å². The van der Waals surface area contributed by atoms with Gasteiger partial charge < -0.3 is 10.0 Å². The van der Waals surface area contributed by atoms with Gasteiger partial charge in [-0.25, -0.2) is 18.4 Å². The number of aliphatic hydroxyl groups is 1. The highest BCUT2D eigenvalue weighted by atomic mass is 19.1. The van der Waals surface area contributed by atoms with Crippen LogP contribution < -0.4 is 4.90 Å². The summed E-state index contributed by atoms with van der Waals surface area (Å²) in [4.78, 5) is 5.99. The fourth-order valence-corrected chi connectivity index (χ4v) is 4.95. The van der Waals surface area contributed by atoms with Gasteiger partial charge in [0.1, 0.15) is 29.9 Å². The third-order valence-electron chi connectivity index (χ3n) is 7.03. The molecule has 0 spiro atoms. The Labute approximate surface area is 229 Å². The number of aromatic nitrogens is 5. The van der Waals surface area contributed by atoms with Gasteiger partial charge >= 0.3 is 0 Å². The highest BCUT2D eigenvalue weighted by Gasteiger charge is 2.34. The molecule has 9 heteroatoms. The number of halogens is 2. The average molecular weight is 537 g/mol. The minimum absolute atomic E-state index is 0.0525. The molecule has 0 saturated carbocycles. The fraction of sp³-hybridized carbons (Fsp3) is 0.129. The van der Waals surface area contributed by atoms with Crippen molar-refractivity contribution < 1.29 is 13.9 Å². The van der Waals surface area contributed by atoms with Crippen LogP contribution in [-0.2, 0) is 18.7 Å². The molecule has 200 valence electrons. The lowest BCUT2D eigenvalue weighted by Gasteiger charge is -2.28. The van der Waals surface area contributed by atoms with Gasteiger partial charge in [0.05, 0.1) is 18.6 Å². The van der Waals surface area contributed by atoms with E-state index >= 15 is 0 Å². The van der Waals surface area contributed by atoms with Crippen LogP contribution in [0.4, 0.5) is 20.2 Å². The Bertz CT molecular complexity index is 1750. The van der Waals surface area contributed by atoms with Crippen LogP contribution in [0, 0.1) is 11.6 Å². The van der Waals surface area contributed by atoms with Crippen molar-refractivity contribution in [3.8, 4) is 11.1 Å². The molecule has 1 N–H and O–H groups in total. The molecule has 0 aliphatic carbocycles. The van der Waals surface area contributed by atoms with Crippen LogP contribution in [0.2, 0.25) is 0 Å². The number of hydrogen-bond donors (Lipinski definition) is 1. The standard InChI is InChI=1S/C31H26F2N6O/c1-37(26-10-7-23(8-11-26)22-5-3-2-4-6-22)27-12-14-30-24(15-27)17-38(36-30)18-31(40,19-39-21-34-20-35-39)28-13-9-25(32)16-29(28)33/h2-17,20-21,40H,18-19H2,1H3. The van der Waals surface area contributed by atoms with Gasteiger partial charge in [-0.1, -0.05) is 48.5 Å². The van der Waals surface area contributed by atoms with Gasteiger partial charge in [0.2, 0.25) is 0 Å². The molecule has 2 aromatic heterocycles. The van der Waals surface area contributed by atoms with E-state index < -0.39 is 17.2 Å².